The number of carbonyl (C=O) groups is 1. The summed E-state index contributed by atoms with van der Waals surface area (Å²) in [5, 5.41) is 0. The molecule has 154 valence electrons. The molecule has 0 amide bonds. The van der Waals surface area contributed by atoms with Crippen LogP contribution in [-0.4, -0.2) is 32.6 Å². The normalized spacial score (nSPS) is 10.6. The third-order valence-electron chi connectivity index (χ3n) is 4.55. The van der Waals surface area contributed by atoms with E-state index in [1.54, 1.807) is 37.6 Å². The molecule has 0 spiro atoms. The molecule has 0 aliphatic rings. The van der Waals surface area contributed by atoms with E-state index < -0.39 is 5.97 Å². The molecule has 8 heteroatoms. The van der Waals surface area contributed by atoms with Crippen molar-refractivity contribution in [2.75, 3.05) is 7.11 Å². The van der Waals surface area contributed by atoms with Gasteiger partial charge in [0.25, 0.3) is 5.56 Å². The predicted molar refractivity (Wildman–Crippen MR) is 115 cm³/mol. The van der Waals surface area contributed by atoms with Crippen molar-refractivity contribution < 1.29 is 14.3 Å². The molecule has 4 rings (SSSR count). The van der Waals surface area contributed by atoms with Crippen LogP contribution in [0.4, 0.5) is 0 Å². The molecule has 0 atom stereocenters. The summed E-state index contributed by atoms with van der Waals surface area (Å²) >= 11 is 0. The van der Waals surface area contributed by atoms with E-state index in [1.165, 1.54) is 10.8 Å². The molecule has 2 heterocycles. The quantitative estimate of drug-likeness (QED) is 0.272. The van der Waals surface area contributed by atoms with Crippen LogP contribution >= 0.6 is 0 Å². The lowest BCUT2D eigenvalue weighted by atomic mass is 10.1. The number of hydrogen-bond acceptors (Lipinski definition) is 7. The van der Waals surface area contributed by atoms with E-state index >= 15 is 0 Å². The van der Waals surface area contributed by atoms with E-state index in [9.17, 15) is 9.59 Å². The van der Waals surface area contributed by atoms with Crippen molar-refractivity contribution in [2.24, 2.45) is 0 Å². The largest absolute Gasteiger partial charge is 0.497 e. The molecule has 8 nitrogen and oxygen atoms in total. The van der Waals surface area contributed by atoms with E-state index in [0.717, 1.165) is 17.4 Å². The summed E-state index contributed by atoms with van der Waals surface area (Å²) in [6.07, 6.45) is 4.38. The van der Waals surface area contributed by atoms with Crippen molar-refractivity contribution in [2.45, 2.75) is 6.42 Å². The fourth-order valence-electron chi connectivity index (χ4n) is 3.03. The Morgan fingerprint density at radius 3 is 2.42 bits per heavy atom. The number of fused-ring (bicyclic) bond motifs is 1. The van der Waals surface area contributed by atoms with Gasteiger partial charge in [-0.1, -0.05) is 18.7 Å². The Balaban J connectivity index is 1.71. The number of methoxy groups -OCH3 is 1. The lowest BCUT2D eigenvalue weighted by Crippen LogP contribution is -2.20. The molecule has 0 bridgehead atoms. The molecule has 0 N–H and O–H groups in total. The van der Waals surface area contributed by atoms with Crippen molar-refractivity contribution in [3.8, 4) is 17.2 Å². The van der Waals surface area contributed by atoms with Gasteiger partial charge in [0.05, 0.1) is 25.2 Å². The highest BCUT2D eigenvalue weighted by atomic mass is 16.5. The number of benzene rings is 2. The van der Waals surface area contributed by atoms with Gasteiger partial charge in [-0.25, -0.2) is 19.7 Å². The van der Waals surface area contributed by atoms with Crippen LogP contribution < -0.4 is 15.0 Å². The van der Waals surface area contributed by atoms with Crippen molar-refractivity contribution in [1.29, 1.82) is 0 Å². The summed E-state index contributed by atoms with van der Waals surface area (Å²) in [6, 6.07) is 14.1. The van der Waals surface area contributed by atoms with Gasteiger partial charge in [0.1, 0.15) is 22.8 Å². The number of nitrogens with zero attached hydrogens (tertiary/aromatic N) is 4. The minimum absolute atomic E-state index is 0.336. The van der Waals surface area contributed by atoms with E-state index in [4.69, 9.17) is 9.47 Å². The Bertz CT molecular complexity index is 1310. The van der Waals surface area contributed by atoms with Gasteiger partial charge in [0.2, 0.25) is 0 Å². The van der Waals surface area contributed by atoms with Gasteiger partial charge in [-0.15, -0.1) is 0 Å². The first-order chi connectivity index (χ1) is 15.1. The summed E-state index contributed by atoms with van der Waals surface area (Å²) in [7, 11) is 1.61. The number of esters is 1. The second kappa shape index (κ2) is 8.58. The molecule has 2 aromatic carbocycles. The monoisotopic (exact) mass is 414 g/mol. The van der Waals surface area contributed by atoms with Crippen LogP contribution in [0.2, 0.25) is 0 Å². The molecule has 4 aromatic rings. The minimum atomic E-state index is -0.560. The lowest BCUT2D eigenvalue weighted by Gasteiger charge is -2.10. The molecule has 0 unspecified atom stereocenters. The number of hydrogen-bond donors (Lipinski definition) is 0. The fourth-order valence-corrected chi connectivity index (χ4v) is 3.03. The van der Waals surface area contributed by atoms with Gasteiger partial charge in [-0.3, -0.25) is 9.36 Å². The fraction of sp³-hybridized carbons (Fsp3) is 0.0870. The first-order valence-corrected chi connectivity index (χ1v) is 9.38. The third-order valence-corrected chi connectivity index (χ3v) is 4.55. The second-order valence-electron chi connectivity index (χ2n) is 6.57. The number of aromatic nitrogens is 4. The van der Waals surface area contributed by atoms with Crippen molar-refractivity contribution >= 4 is 17.1 Å². The summed E-state index contributed by atoms with van der Waals surface area (Å²) in [5.41, 5.74) is 2.11. The Kier molecular flexibility index (Phi) is 5.53. The molecular formula is C23H18N4O4. The Hall–Kier alpha value is -4.33. The highest BCUT2D eigenvalue weighted by molar-refractivity contribution is 5.83. The first-order valence-electron chi connectivity index (χ1n) is 9.38. The molecule has 0 fully saturated rings. The molecule has 31 heavy (non-hydrogen) atoms. The Labute approximate surface area is 177 Å². The summed E-state index contributed by atoms with van der Waals surface area (Å²) in [4.78, 5) is 37.1. The van der Waals surface area contributed by atoms with E-state index in [2.05, 4.69) is 21.5 Å². The second-order valence-corrected chi connectivity index (χ2v) is 6.57. The SMILES string of the molecule is C=CC(=O)Oc1ccc(-n2c(=O)cnc3cnc(Cc4ccc(OC)cc4)nc32)cc1. The summed E-state index contributed by atoms with van der Waals surface area (Å²) in [6.45, 7) is 3.37. The Morgan fingerprint density at radius 1 is 1.03 bits per heavy atom. The zero-order valence-electron chi connectivity index (χ0n) is 16.7. The van der Waals surface area contributed by atoms with Crippen LogP contribution in [0.25, 0.3) is 16.9 Å². The van der Waals surface area contributed by atoms with Crippen LogP contribution in [0.3, 0.4) is 0 Å². The van der Waals surface area contributed by atoms with Gasteiger partial charge in [-0.05, 0) is 42.0 Å². The van der Waals surface area contributed by atoms with E-state index in [0.29, 0.717) is 34.8 Å². The number of ether oxygens (including phenoxy) is 2. The van der Waals surface area contributed by atoms with Crippen LogP contribution in [0.5, 0.6) is 11.5 Å². The van der Waals surface area contributed by atoms with E-state index in [1.807, 2.05) is 24.3 Å². The predicted octanol–water partition coefficient (Wildman–Crippen LogP) is 2.87. The van der Waals surface area contributed by atoms with Gasteiger partial charge in [0.15, 0.2) is 5.65 Å². The maximum absolute atomic E-state index is 12.6. The highest BCUT2D eigenvalue weighted by Gasteiger charge is 2.11. The van der Waals surface area contributed by atoms with Crippen molar-refractivity contribution in [3.05, 3.63) is 95.3 Å². The standard InChI is InChI=1S/C23H18N4O4/c1-3-22(29)31-18-10-6-16(7-11-18)27-21(28)14-24-19-13-25-20(26-23(19)27)12-15-4-8-17(30-2)9-5-15/h3-11,13-14H,1,12H2,2H3. The molecule has 0 radical (unpaired) electrons. The smallest absolute Gasteiger partial charge is 0.335 e. The average Bonchev–Trinajstić information content (AvgIpc) is 2.80. The Morgan fingerprint density at radius 2 is 1.74 bits per heavy atom. The maximum atomic E-state index is 12.6. The molecule has 0 aliphatic carbocycles. The molecule has 0 aliphatic heterocycles. The van der Waals surface area contributed by atoms with Crippen LogP contribution in [-0.2, 0) is 11.2 Å². The van der Waals surface area contributed by atoms with Gasteiger partial charge >= 0.3 is 5.97 Å². The summed E-state index contributed by atoms with van der Waals surface area (Å²) in [5.74, 6) is 1.10. The van der Waals surface area contributed by atoms with Crippen molar-refractivity contribution in [3.63, 3.8) is 0 Å². The van der Waals surface area contributed by atoms with Gasteiger partial charge in [-0.2, -0.15) is 0 Å². The molecule has 2 aromatic heterocycles. The average molecular weight is 414 g/mol. The van der Waals surface area contributed by atoms with Crippen LogP contribution in [0.1, 0.15) is 11.4 Å². The topological polar surface area (TPSA) is 96.2 Å². The van der Waals surface area contributed by atoms with Crippen LogP contribution in [0, 0.1) is 0 Å². The summed E-state index contributed by atoms with van der Waals surface area (Å²) < 4.78 is 11.7. The third kappa shape index (κ3) is 4.32. The number of rotatable bonds is 6. The zero-order chi connectivity index (χ0) is 21.8. The van der Waals surface area contributed by atoms with Gasteiger partial charge < -0.3 is 9.47 Å². The van der Waals surface area contributed by atoms with Crippen LogP contribution in [0.15, 0.2) is 78.4 Å². The zero-order valence-corrected chi connectivity index (χ0v) is 16.7. The molecule has 0 saturated heterocycles. The lowest BCUT2D eigenvalue weighted by molar-refractivity contribution is -0.128. The van der Waals surface area contributed by atoms with Crippen molar-refractivity contribution in [1.82, 2.24) is 19.5 Å². The first kappa shape index (κ1) is 20.0. The maximum Gasteiger partial charge on any atom is 0.335 e. The number of carbonyl (C=O) groups excluding carboxylic acids is 1. The van der Waals surface area contributed by atoms with E-state index in [-0.39, 0.29) is 5.56 Å². The molecule has 0 saturated carbocycles. The van der Waals surface area contributed by atoms with Gasteiger partial charge in [0, 0.05) is 12.5 Å². The molecular weight excluding hydrogens is 396 g/mol. The highest BCUT2D eigenvalue weighted by Crippen LogP contribution is 2.18. The minimum Gasteiger partial charge on any atom is -0.497 e.